The molecule has 1 unspecified atom stereocenters. The lowest BCUT2D eigenvalue weighted by Crippen LogP contribution is -2.05. The number of halogens is 1. The highest BCUT2D eigenvalue weighted by Gasteiger charge is 2.48. The molecule has 0 amide bonds. The molecule has 92 valence electrons. The number of fused-ring (bicyclic) bond motifs is 1. The summed E-state index contributed by atoms with van der Waals surface area (Å²) in [4.78, 5) is 9.34. The van der Waals surface area contributed by atoms with Crippen molar-refractivity contribution in [3.05, 3.63) is 22.2 Å². The molecule has 1 atom stereocenters. The molecule has 0 bridgehead atoms. The van der Waals surface area contributed by atoms with Crippen LogP contribution in [-0.4, -0.2) is 9.97 Å². The van der Waals surface area contributed by atoms with E-state index in [0.717, 1.165) is 23.8 Å². The molecule has 1 saturated carbocycles. The first-order valence-electron chi connectivity index (χ1n) is 6.63. The van der Waals surface area contributed by atoms with E-state index < -0.39 is 0 Å². The van der Waals surface area contributed by atoms with Gasteiger partial charge in [-0.3, -0.25) is 0 Å². The topological polar surface area (TPSA) is 25.8 Å². The van der Waals surface area contributed by atoms with Gasteiger partial charge >= 0.3 is 0 Å². The molecule has 0 aliphatic heterocycles. The summed E-state index contributed by atoms with van der Waals surface area (Å²) in [6, 6.07) is 0. The summed E-state index contributed by atoms with van der Waals surface area (Å²) in [5.74, 6) is 1.51. The second kappa shape index (κ2) is 3.94. The number of hydrogen-bond acceptors (Lipinski definition) is 2. The van der Waals surface area contributed by atoms with Crippen molar-refractivity contribution in [2.75, 3.05) is 0 Å². The zero-order chi connectivity index (χ0) is 12.0. The first kappa shape index (κ1) is 11.5. The molecule has 17 heavy (non-hydrogen) atoms. The monoisotopic (exact) mass is 250 g/mol. The number of aromatic nitrogens is 2. The predicted octanol–water partition coefficient (Wildman–Crippen LogP) is 3.91. The van der Waals surface area contributed by atoms with Gasteiger partial charge in [-0.2, -0.15) is 0 Å². The minimum Gasteiger partial charge on any atom is -0.237 e. The Morgan fingerprint density at radius 1 is 1.12 bits per heavy atom. The summed E-state index contributed by atoms with van der Waals surface area (Å²) in [5, 5.41) is 0.717. The maximum Gasteiger partial charge on any atom is 0.136 e. The Balaban J connectivity index is 1.98. The molecule has 0 saturated heterocycles. The fourth-order valence-corrected chi connectivity index (χ4v) is 3.10. The lowest BCUT2D eigenvalue weighted by molar-refractivity contribution is 0.605. The number of aryl methyl sites for hydroxylation is 1. The second-order valence-electron chi connectivity index (χ2n) is 6.10. The Bertz CT molecular complexity index is 454. The van der Waals surface area contributed by atoms with Gasteiger partial charge in [-0.25, -0.2) is 9.97 Å². The molecule has 0 spiro atoms. The summed E-state index contributed by atoms with van der Waals surface area (Å²) in [5.41, 5.74) is 2.81. The van der Waals surface area contributed by atoms with E-state index in [1.165, 1.54) is 36.9 Å². The van der Waals surface area contributed by atoms with E-state index in [4.69, 9.17) is 16.6 Å². The first-order valence-corrected chi connectivity index (χ1v) is 7.01. The van der Waals surface area contributed by atoms with Crippen molar-refractivity contribution in [2.45, 2.75) is 58.3 Å². The molecular formula is C14H19ClN2. The summed E-state index contributed by atoms with van der Waals surface area (Å²) in [6.45, 7) is 4.56. The largest absolute Gasteiger partial charge is 0.237 e. The SMILES string of the molecule is CC1(C)CC1c1nc(Cl)c2c(n1)CCCCC2. The van der Waals surface area contributed by atoms with Crippen molar-refractivity contribution in [1.29, 1.82) is 0 Å². The lowest BCUT2D eigenvalue weighted by atomic mass is 10.1. The zero-order valence-corrected chi connectivity index (χ0v) is 11.3. The van der Waals surface area contributed by atoms with Crippen molar-refractivity contribution in [3.63, 3.8) is 0 Å². The minimum absolute atomic E-state index is 0.377. The normalized spacial score (nSPS) is 26.2. The van der Waals surface area contributed by atoms with E-state index in [2.05, 4.69) is 18.8 Å². The molecule has 3 heteroatoms. The third-order valence-corrected chi connectivity index (χ3v) is 4.54. The van der Waals surface area contributed by atoms with Gasteiger partial charge in [0.15, 0.2) is 0 Å². The Hall–Kier alpha value is -0.630. The predicted molar refractivity (Wildman–Crippen MR) is 69.4 cm³/mol. The average molecular weight is 251 g/mol. The van der Waals surface area contributed by atoms with Gasteiger partial charge in [-0.15, -0.1) is 0 Å². The van der Waals surface area contributed by atoms with Gasteiger partial charge in [-0.05, 0) is 37.5 Å². The second-order valence-corrected chi connectivity index (χ2v) is 6.46. The van der Waals surface area contributed by atoms with E-state index in [0.29, 0.717) is 11.3 Å². The van der Waals surface area contributed by atoms with E-state index >= 15 is 0 Å². The van der Waals surface area contributed by atoms with Crippen molar-refractivity contribution in [3.8, 4) is 0 Å². The van der Waals surface area contributed by atoms with Crippen LogP contribution in [0, 0.1) is 5.41 Å². The van der Waals surface area contributed by atoms with Gasteiger partial charge in [0.25, 0.3) is 0 Å². The van der Waals surface area contributed by atoms with Gasteiger partial charge in [-0.1, -0.05) is 31.9 Å². The molecule has 1 fully saturated rings. The summed E-state index contributed by atoms with van der Waals surface area (Å²) in [7, 11) is 0. The third-order valence-electron chi connectivity index (χ3n) is 4.23. The Morgan fingerprint density at radius 3 is 2.53 bits per heavy atom. The van der Waals surface area contributed by atoms with Crippen LogP contribution in [0.25, 0.3) is 0 Å². The van der Waals surface area contributed by atoms with Gasteiger partial charge in [0.2, 0.25) is 0 Å². The molecule has 0 aromatic carbocycles. The molecule has 1 aromatic heterocycles. The van der Waals surface area contributed by atoms with Crippen molar-refractivity contribution >= 4 is 11.6 Å². The van der Waals surface area contributed by atoms with E-state index in [1.54, 1.807) is 0 Å². The van der Waals surface area contributed by atoms with Crippen LogP contribution < -0.4 is 0 Å². The molecule has 2 nitrogen and oxygen atoms in total. The van der Waals surface area contributed by atoms with Crippen LogP contribution in [0.5, 0.6) is 0 Å². The van der Waals surface area contributed by atoms with E-state index in [1.807, 2.05) is 0 Å². The number of nitrogens with zero attached hydrogens (tertiary/aromatic N) is 2. The van der Waals surface area contributed by atoms with E-state index in [9.17, 15) is 0 Å². The van der Waals surface area contributed by atoms with Gasteiger partial charge in [0, 0.05) is 17.2 Å². The Morgan fingerprint density at radius 2 is 1.82 bits per heavy atom. The molecule has 1 heterocycles. The first-order chi connectivity index (χ1) is 8.08. The average Bonchev–Trinajstić information content (AvgIpc) is 2.95. The van der Waals surface area contributed by atoms with Crippen LogP contribution in [0.4, 0.5) is 0 Å². The summed E-state index contributed by atoms with van der Waals surface area (Å²) in [6.07, 6.45) is 7.09. The Labute approximate surface area is 108 Å². The summed E-state index contributed by atoms with van der Waals surface area (Å²) >= 11 is 6.33. The lowest BCUT2D eigenvalue weighted by Gasteiger charge is -2.10. The van der Waals surface area contributed by atoms with Crippen LogP contribution in [0.2, 0.25) is 5.15 Å². The van der Waals surface area contributed by atoms with Crippen molar-refractivity contribution in [2.24, 2.45) is 5.41 Å². The summed E-state index contributed by atoms with van der Waals surface area (Å²) < 4.78 is 0. The molecule has 0 radical (unpaired) electrons. The van der Waals surface area contributed by atoms with Gasteiger partial charge < -0.3 is 0 Å². The van der Waals surface area contributed by atoms with Crippen molar-refractivity contribution < 1.29 is 0 Å². The van der Waals surface area contributed by atoms with E-state index in [-0.39, 0.29) is 0 Å². The van der Waals surface area contributed by atoms with Gasteiger partial charge in [0.05, 0.1) is 0 Å². The molecular weight excluding hydrogens is 232 g/mol. The third kappa shape index (κ3) is 2.08. The smallest absolute Gasteiger partial charge is 0.136 e. The van der Waals surface area contributed by atoms with Crippen LogP contribution in [0.1, 0.15) is 62.5 Å². The maximum absolute atomic E-state index is 6.33. The van der Waals surface area contributed by atoms with Gasteiger partial charge in [0.1, 0.15) is 11.0 Å². The fourth-order valence-electron chi connectivity index (χ4n) is 2.81. The maximum atomic E-state index is 6.33. The standard InChI is InChI=1S/C14H19ClN2/c1-14(2)8-10(14)13-16-11-7-5-3-4-6-9(11)12(15)17-13/h10H,3-8H2,1-2H3. The fraction of sp³-hybridized carbons (Fsp3) is 0.714. The highest BCUT2D eigenvalue weighted by molar-refractivity contribution is 6.30. The van der Waals surface area contributed by atoms with Crippen LogP contribution >= 0.6 is 11.6 Å². The minimum atomic E-state index is 0.377. The quantitative estimate of drug-likeness (QED) is 0.558. The Kier molecular flexibility index (Phi) is 2.66. The highest BCUT2D eigenvalue weighted by Crippen LogP contribution is 2.57. The van der Waals surface area contributed by atoms with Crippen molar-refractivity contribution in [1.82, 2.24) is 9.97 Å². The van der Waals surface area contributed by atoms with Crippen LogP contribution in [-0.2, 0) is 12.8 Å². The zero-order valence-electron chi connectivity index (χ0n) is 10.6. The number of rotatable bonds is 1. The van der Waals surface area contributed by atoms with Crippen LogP contribution in [0.15, 0.2) is 0 Å². The molecule has 0 N–H and O–H groups in total. The molecule has 3 rings (SSSR count). The molecule has 2 aliphatic carbocycles. The van der Waals surface area contributed by atoms with Crippen LogP contribution in [0.3, 0.4) is 0 Å². The molecule has 2 aliphatic rings. The highest BCUT2D eigenvalue weighted by atomic mass is 35.5. The molecule has 1 aromatic rings. The number of hydrogen-bond donors (Lipinski definition) is 0.